The molecule has 162 valence electrons. The van der Waals surface area contributed by atoms with E-state index in [2.05, 4.69) is 16.4 Å². The average Bonchev–Trinajstić information content (AvgIpc) is 3.14. The first-order valence-electron chi connectivity index (χ1n) is 10.8. The number of nitrogens with zero attached hydrogens (tertiary/aromatic N) is 2. The van der Waals surface area contributed by atoms with E-state index in [1.807, 2.05) is 6.07 Å². The molecule has 2 aliphatic rings. The zero-order valence-electron chi connectivity index (χ0n) is 17.6. The van der Waals surface area contributed by atoms with Crippen LogP contribution in [0.3, 0.4) is 0 Å². The number of thiophene rings is 1. The van der Waals surface area contributed by atoms with Crippen LogP contribution in [0.4, 0.5) is 5.00 Å². The van der Waals surface area contributed by atoms with Gasteiger partial charge in [0.2, 0.25) is 5.91 Å². The number of esters is 1. The van der Waals surface area contributed by atoms with Crippen molar-refractivity contribution in [1.29, 1.82) is 5.26 Å². The Bertz CT molecular complexity index is 1060. The lowest BCUT2D eigenvalue weighted by molar-refractivity contribution is -0.113. The van der Waals surface area contributed by atoms with Crippen LogP contribution in [0.15, 0.2) is 11.1 Å². The molecule has 2 aromatic rings. The summed E-state index contributed by atoms with van der Waals surface area (Å²) in [4.78, 5) is 31.1. The highest BCUT2D eigenvalue weighted by Gasteiger charge is 2.27. The topological polar surface area (TPSA) is 92.1 Å². The smallest absolute Gasteiger partial charge is 0.341 e. The molecule has 0 spiro atoms. The summed E-state index contributed by atoms with van der Waals surface area (Å²) in [6.07, 6.45) is 8.03. The highest BCUT2D eigenvalue weighted by molar-refractivity contribution is 8.00. The fourth-order valence-electron chi connectivity index (χ4n) is 4.17. The van der Waals surface area contributed by atoms with Crippen LogP contribution in [0, 0.1) is 11.3 Å². The first-order chi connectivity index (χ1) is 15.1. The van der Waals surface area contributed by atoms with E-state index in [9.17, 15) is 14.9 Å². The number of thioether (sulfide) groups is 1. The van der Waals surface area contributed by atoms with E-state index in [0.29, 0.717) is 27.8 Å². The summed E-state index contributed by atoms with van der Waals surface area (Å²) in [6, 6.07) is 4.14. The normalized spacial score (nSPS) is 14.8. The van der Waals surface area contributed by atoms with Crippen molar-refractivity contribution in [3.8, 4) is 6.07 Å². The van der Waals surface area contributed by atoms with Crippen LogP contribution < -0.4 is 5.32 Å². The number of nitrogens with one attached hydrogen (secondary N) is 1. The lowest BCUT2D eigenvalue weighted by Crippen LogP contribution is -2.17. The molecule has 0 aromatic carbocycles. The first-order valence-corrected chi connectivity index (χ1v) is 12.6. The fourth-order valence-corrected chi connectivity index (χ4v) is 6.24. The van der Waals surface area contributed by atoms with Gasteiger partial charge in [0.1, 0.15) is 16.1 Å². The van der Waals surface area contributed by atoms with Gasteiger partial charge in [-0.15, -0.1) is 11.3 Å². The summed E-state index contributed by atoms with van der Waals surface area (Å²) in [7, 11) is 0. The fraction of sp³-hybridized carbons (Fsp3) is 0.478. The molecule has 6 nitrogen and oxygen atoms in total. The van der Waals surface area contributed by atoms with E-state index in [1.165, 1.54) is 28.0 Å². The van der Waals surface area contributed by atoms with Crippen molar-refractivity contribution in [3.05, 3.63) is 38.9 Å². The number of aryl methyl sites for hydroxylation is 3. The third kappa shape index (κ3) is 4.78. The quantitative estimate of drug-likeness (QED) is 0.502. The molecular formula is C23H25N3O3S2. The summed E-state index contributed by atoms with van der Waals surface area (Å²) < 4.78 is 5.25. The maximum Gasteiger partial charge on any atom is 0.341 e. The van der Waals surface area contributed by atoms with E-state index in [0.717, 1.165) is 68.2 Å². The summed E-state index contributed by atoms with van der Waals surface area (Å²) >= 11 is 2.76. The molecule has 0 atom stereocenters. The number of carbonyl (C=O) groups excluding carboxylic acids is 2. The number of anilines is 1. The largest absolute Gasteiger partial charge is 0.462 e. The second-order valence-electron chi connectivity index (χ2n) is 7.74. The highest BCUT2D eigenvalue weighted by atomic mass is 32.2. The first kappa shape index (κ1) is 21.8. The van der Waals surface area contributed by atoms with Gasteiger partial charge in [-0.2, -0.15) is 5.26 Å². The van der Waals surface area contributed by atoms with Crippen molar-refractivity contribution < 1.29 is 14.3 Å². The Morgan fingerprint density at radius 3 is 2.81 bits per heavy atom. The number of hydrogen-bond donors (Lipinski definition) is 1. The van der Waals surface area contributed by atoms with Crippen molar-refractivity contribution in [2.24, 2.45) is 0 Å². The number of carbonyl (C=O) groups is 2. The Morgan fingerprint density at radius 1 is 1.23 bits per heavy atom. The SMILES string of the molecule is CCOC(=O)c1c(NC(=O)CSc2nc3c(cc2C#N)CCCC3)sc2c1CCCC2. The Hall–Kier alpha value is -2.37. The minimum absolute atomic E-state index is 0.130. The predicted molar refractivity (Wildman–Crippen MR) is 122 cm³/mol. The number of amides is 1. The molecule has 0 saturated heterocycles. The van der Waals surface area contributed by atoms with E-state index in [1.54, 1.807) is 6.92 Å². The van der Waals surface area contributed by atoms with Crippen molar-refractivity contribution >= 4 is 40.0 Å². The van der Waals surface area contributed by atoms with Gasteiger partial charge in [-0.1, -0.05) is 11.8 Å². The number of nitriles is 1. The molecule has 0 radical (unpaired) electrons. The number of aromatic nitrogens is 1. The number of hydrogen-bond acceptors (Lipinski definition) is 7. The van der Waals surface area contributed by atoms with Gasteiger partial charge in [0.15, 0.2) is 0 Å². The number of rotatable bonds is 6. The van der Waals surface area contributed by atoms with Gasteiger partial charge in [0.25, 0.3) is 0 Å². The van der Waals surface area contributed by atoms with Gasteiger partial charge in [-0.25, -0.2) is 9.78 Å². The van der Waals surface area contributed by atoms with Gasteiger partial charge in [-0.3, -0.25) is 4.79 Å². The predicted octanol–water partition coefficient (Wildman–Crippen LogP) is 4.68. The minimum atomic E-state index is -0.368. The molecule has 2 aliphatic carbocycles. The van der Waals surface area contributed by atoms with E-state index >= 15 is 0 Å². The zero-order valence-corrected chi connectivity index (χ0v) is 19.2. The van der Waals surface area contributed by atoms with Crippen LogP contribution in [-0.4, -0.2) is 29.2 Å². The average molecular weight is 456 g/mol. The minimum Gasteiger partial charge on any atom is -0.462 e. The molecule has 2 heterocycles. The van der Waals surface area contributed by atoms with E-state index < -0.39 is 0 Å². The molecule has 0 aliphatic heterocycles. The maximum atomic E-state index is 12.7. The van der Waals surface area contributed by atoms with Crippen molar-refractivity contribution in [1.82, 2.24) is 4.98 Å². The number of ether oxygens (including phenoxy) is 1. The number of pyridine rings is 1. The van der Waals surface area contributed by atoms with Crippen LogP contribution >= 0.6 is 23.1 Å². The molecule has 0 saturated carbocycles. The zero-order chi connectivity index (χ0) is 21.8. The summed E-state index contributed by atoms with van der Waals surface area (Å²) in [6.45, 7) is 2.08. The van der Waals surface area contributed by atoms with Gasteiger partial charge in [-0.05, 0) is 75.5 Å². The Kier molecular flexibility index (Phi) is 6.93. The summed E-state index contributed by atoms with van der Waals surface area (Å²) in [5.41, 5.74) is 4.27. The lowest BCUT2D eigenvalue weighted by Gasteiger charge is -2.16. The van der Waals surface area contributed by atoms with E-state index in [-0.39, 0.29) is 17.6 Å². The van der Waals surface area contributed by atoms with Gasteiger partial charge < -0.3 is 10.1 Å². The van der Waals surface area contributed by atoms with Crippen molar-refractivity contribution in [2.45, 2.75) is 63.3 Å². The second-order valence-corrected chi connectivity index (χ2v) is 9.81. The van der Waals surface area contributed by atoms with Crippen LogP contribution in [0.1, 0.15) is 70.2 Å². The Morgan fingerprint density at radius 2 is 2.00 bits per heavy atom. The second kappa shape index (κ2) is 9.84. The van der Waals surface area contributed by atoms with Gasteiger partial charge in [0.05, 0.1) is 23.5 Å². The molecular weight excluding hydrogens is 430 g/mol. The molecule has 4 rings (SSSR count). The molecule has 31 heavy (non-hydrogen) atoms. The van der Waals surface area contributed by atoms with Crippen LogP contribution in [-0.2, 0) is 35.2 Å². The maximum absolute atomic E-state index is 12.7. The van der Waals surface area contributed by atoms with Crippen LogP contribution in [0.5, 0.6) is 0 Å². The molecule has 1 N–H and O–H groups in total. The molecule has 2 aromatic heterocycles. The molecule has 0 bridgehead atoms. The standard InChI is InChI=1S/C23H25N3O3S2/c1-2-29-23(28)20-16-8-4-6-10-18(16)31-22(20)26-19(27)13-30-21-15(12-24)11-14-7-3-5-9-17(14)25-21/h11H,2-10,13H2,1H3,(H,26,27). The Balaban J connectivity index is 1.49. The highest BCUT2D eigenvalue weighted by Crippen LogP contribution is 2.39. The van der Waals surface area contributed by atoms with Gasteiger partial charge >= 0.3 is 5.97 Å². The molecule has 0 fully saturated rings. The van der Waals surface area contributed by atoms with Crippen molar-refractivity contribution in [3.63, 3.8) is 0 Å². The third-order valence-corrected chi connectivity index (χ3v) is 7.83. The lowest BCUT2D eigenvalue weighted by atomic mass is 9.95. The van der Waals surface area contributed by atoms with Gasteiger partial charge in [0, 0.05) is 10.6 Å². The third-order valence-electron chi connectivity index (χ3n) is 5.63. The van der Waals surface area contributed by atoms with Crippen LogP contribution in [0.2, 0.25) is 0 Å². The van der Waals surface area contributed by atoms with Crippen LogP contribution in [0.25, 0.3) is 0 Å². The number of fused-ring (bicyclic) bond motifs is 2. The molecule has 1 amide bonds. The summed E-state index contributed by atoms with van der Waals surface area (Å²) in [5.74, 6) is -0.448. The monoisotopic (exact) mass is 455 g/mol. The van der Waals surface area contributed by atoms with E-state index in [4.69, 9.17) is 4.74 Å². The molecule has 8 heteroatoms. The summed E-state index contributed by atoms with van der Waals surface area (Å²) in [5, 5.41) is 13.6. The molecule has 0 unspecified atom stereocenters. The Labute approximate surface area is 190 Å². The van der Waals surface area contributed by atoms with Crippen molar-refractivity contribution in [2.75, 3.05) is 17.7 Å².